The predicted octanol–water partition coefficient (Wildman–Crippen LogP) is 1.95. The largest absolute Gasteiger partial charge is 0.334 e. The number of rotatable bonds is 3. The van der Waals surface area contributed by atoms with Gasteiger partial charge in [-0.3, -0.25) is 19.7 Å². The van der Waals surface area contributed by atoms with Crippen molar-refractivity contribution < 1.29 is 9.59 Å². The molecule has 0 unspecified atom stereocenters. The van der Waals surface area contributed by atoms with Gasteiger partial charge in [-0.2, -0.15) is 5.10 Å². The molecule has 2 aromatic heterocycles. The van der Waals surface area contributed by atoms with Gasteiger partial charge >= 0.3 is 0 Å². The van der Waals surface area contributed by atoms with Crippen LogP contribution in [-0.4, -0.2) is 55.9 Å². The van der Waals surface area contributed by atoms with Gasteiger partial charge < -0.3 is 9.80 Å². The van der Waals surface area contributed by atoms with Gasteiger partial charge in [0.2, 0.25) is 5.91 Å². The minimum atomic E-state index is -0.124. The molecule has 6 rings (SSSR count). The molecule has 0 spiro atoms. The Morgan fingerprint density at radius 3 is 2.93 bits per heavy atom. The summed E-state index contributed by atoms with van der Waals surface area (Å²) in [5.41, 5.74) is 3.66. The molecule has 28 heavy (non-hydrogen) atoms. The van der Waals surface area contributed by atoms with Gasteiger partial charge in [-0.1, -0.05) is 6.07 Å². The zero-order valence-electron chi connectivity index (χ0n) is 15.9. The number of hydrogen-bond acceptors (Lipinski definition) is 4. The molecule has 0 saturated carbocycles. The van der Waals surface area contributed by atoms with E-state index in [1.54, 1.807) is 6.20 Å². The fourth-order valence-corrected chi connectivity index (χ4v) is 4.89. The topological polar surface area (TPSA) is 82.2 Å². The highest BCUT2D eigenvalue weighted by atomic mass is 16.2. The smallest absolute Gasteiger partial charge is 0.274 e. The van der Waals surface area contributed by atoms with Gasteiger partial charge in [0, 0.05) is 36.6 Å². The van der Waals surface area contributed by atoms with Crippen molar-refractivity contribution in [3.8, 4) is 0 Å². The predicted molar refractivity (Wildman–Crippen MR) is 102 cm³/mol. The maximum absolute atomic E-state index is 13.3. The molecule has 1 N–H and O–H groups in total. The van der Waals surface area contributed by atoms with Gasteiger partial charge in [0.25, 0.3) is 5.91 Å². The average Bonchev–Trinajstić information content (AvgIpc) is 2.97. The zero-order valence-corrected chi connectivity index (χ0v) is 15.9. The maximum Gasteiger partial charge on any atom is 0.274 e. The first-order chi connectivity index (χ1) is 13.7. The highest BCUT2D eigenvalue weighted by Crippen LogP contribution is 2.31. The molecular weight excluding hydrogens is 354 g/mol. The summed E-state index contributed by atoms with van der Waals surface area (Å²) in [6, 6.07) is 5.82. The summed E-state index contributed by atoms with van der Waals surface area (Å²) in [7, 11) is 0. The van der Waals surface area contributed by atoms with Crippen LogP contribution in [0.5, 0.6) is 0 Å². The normalized spacial score (nSPS) is 24.2. The molecule has 146 valence electrons. The fraction of sp³-hybridized carbons (Fsp3) is 0.524. The third kappa shape index (κ3) is 2.99. The molecule has 7 nitrogen and oxygen atoms in total. The Morgan fingerprint density at radius 1 is 1.18 bits per heavy atom. The van der Waals surface area contributed by atoms with Crippen molar-refractivity contribution in [2.75, 3.05) is 13.1 Å². The summed E-state index contributed by atoms with van der Waals surface area (Å²) in [6.45, 7) is 1.59. The second kappa shape index (κ2) is 7.04. The molecular formula is C21H25N5O2. The molecule has 0 radical (unpaired) electrons. The minimum Gasteiger partial charge on any atom is -0.334 e. The highest BCUT2D eigenvalue weighted by Gasteiger charge is 2.42. The van der Waals surface area contributed by atoms with E-state index in [-0.39, 0.29) is 23.8 Å². The summed E-state index contributed by atoms with van der Waals surface area (Å²) < 4.78 is 0. The number of hydrogen-bond donors (Lipinski definition) is 1. The molecule has 5 heterocycles. The second-order valence-electron chi connectivity index (χ2n) is 8.16. The van der Waals surface area contributed by atoms with Crippen LogP contribution in [0, 0.1) is 5.92 Å². The van der Waals surface area contributed by atoms with E-state index in [4.69, 9.17) is 0 Å². The summed E-state index contributed by atoms with van der Waals surface area (Å²) >= 11 is 0. The van der Waals surface area contributed by atoms with Gasteiger partial charge in [-0.25, -0.2) is 0 Å². The number of H-pyrrole nitrogens is 1. The van der Waals surface area contributed by atoms with Crippen LogP contribution in [0.25, 0.3) is 0 Å². The Labute approximate surface area is 164 Å². The number of aryl methyl sites for hydroxylation is 1. The lowest BCUT2D eigenvalue weighted by atomic mass is 9.94. The van der Waals surface area contributed by atoms with Crippen molar-refractivity contribution >= 4 is 11.8 Å². The number of carbonyl (C=O) groups excluding carboxylic acids is 2. The molecule has 7 heteroatoms. The van der Waals surface area contributed by atoms with Gasteiger partial charge in [-0.05, 0) is 50.7 Å². The maximum atomic E-state index is 13.3. The molecule has 1 aliphatic carbocycles. The van der Waals surface area contributed by atoms with Crippen molar-refractivity contribution in [1.29, 1.82) is 0 Å². The number of carbonyl (C=O) groups is 2. The fourth-order valence-electron chi connectivity index (χ4n) is 4.89. The number of nitrogens with one attached hydrogen (secondary N) is 1. The van der Waals surface area contributed by atoms with E-state index >= 15 is 0 Å². The van der Waals surface area contributed by atoms with Gasteiger partial charge in [0.1, 0.15) is 0 Å². The molecule has 2 aromatic rings. The van der Waals surface area contributed by atoms with Crippen molar-refractivity contribution in [2.45, 2.75) is 51.1 Å². The number of aromatic nitrogens is 3. The Balaban J connectivity index is 1.38. The van der Waals surface area contributed by atoms with Crippen LogP contribution in [0.2, 0.25) is 0 Å². The third-order valence-corrected chi connectivity index (χ3v) is 6.40. The quantitative estimate of drug-likeness (QED) is 0.884. The standard InChI is InChI=1S/C21H25N5O2/c27-20-14-8-9-16(26(20)12-15-5-3-4-10-22-15)13-25(11-14)21(28)19-17-6-1-2-7-18(17)23-24-19/h3-5,10,14,16H,1-2,6-9,11-13H2,(H,23,24)/t14-,16+/m0/s1. The lowest BCUT2D eigenvalue weighted by molar-refractivity contribution is -0.140. The summed E-state index contributed by atoms with van der Waals surface area (Å²) in [5.74, 6) is 0.00576. The number of pyridine rings is 1. The molecule has 3 fully saturated rings. The van der Waals surface area contributed by atoms with Crippen LogP contribution < -0.4 is 0 Å². The number of piperidine rings is 1. The van der Waals surface area contributed by atoms with Crippen LogP contribution in [0.15, 0.2) is 24.4 Å². The molecule has 2 amide bonds. The number of aromatic amines is 1. The molecule has 3 saturated heterocycles. The van der Waals surface area contributed by atoms with Crippen molar-refractivity contribution in [3.05, 3.63) is 47.0 Å². The van der Waals surface area contributed by atoms with Gasteiger partial charge in [-0.15, -0.1) is 0 Å². The summed E-state index contributed by atoms with van der Waals surface area (Å²) in [6.07, 6.45) is 7.68. The molecule has 4 aliphatic rings. The molecule has 2 atom stereocenters. The van der Waals surface area contributed by atoms with E-state index < -0.39 is 0 Å². The van der Waals surface area contributed by atoms with E-state index in [1.165, 1.54) is 0 Å². The first-order valence-corrected chi connectivity index (χ1v) is 10.3. The SMILES string of the molecule is O=C(c1n[nH]c2c1CCCC2)N1C[C@@H]2CC[C@H](C1)N(Cc1ccccn1)C2=O. The monoisotopic (exact) mass is 379 g/mol. The Hall–Kier alpha value is -2.70. The Morgan fingerprint density at radius 2 is 2.07 bits per heavy atom. The van der Waals surface area contributed by atoms with E-state index in [2.05, 4.69) is 15.2 Å². The van der Waals surface area contributed by atoms with Crippen LogP contribution in [0.1, 0.15) is 53.1 Å². The van der Waals surface area contributed by atoms with Crippen LogP contribution in [0.4, 0.5) is 0 Å². The highest BCUT2D eigenvalue weighted by molar-refractivity contribution is 5.95. The molecule has 3 aliphatic heterocycles. The van der Waals surface area contributed by atoms with Crippen molar-refractivity contribution in [2.24, 2.45) is 5.92 Å². The van der Waals surface area contributed by atoms with Crippen molar-refractivity contribution in [3.63, 3.8) is 0 Å². The molecule has 0 aromatic carbocycles. The van der Waals surface area contributed by atoms with E-state index in [9.17, 15) is 9.59 Å². The minimum absolute atomic E-state index is 0.0243. The van der Waals surface area contributed by atoms with Crippen LogP contribution in [-0.2, 0) is 24.2 Å². The zero-order chi connectivity index (χ0) is 19.1. The number of nitrogens with zero attached hydrogens (tertiary/aromatic N) is 4. The average molecular weight is 379 g/mol. The lowest BCUT2D eigenvalue weighted by Crippen LogP contribution is -2.47. The lowest BCUT2D eigenvalue weighted by Gasteiger charge is -2.35. The first kappa shape index (κ1) is 17.4. The number of amides is 2. The first-order valence-electron chi connectivity index (χ1n) is 10.3. The van der Waals surface area contributed by atoms with Gasteiger partial charge in [0.15, 0.2) is 5.69 Å². The third-order valence-electron chi connectivity index (χ3n) is 6.40. The van der Waals surface area contributed by atoms with Crippen LogP contribution in [0.3, 0.4) is 0 Å². The Bertz CT molecular complexity index is 893. The summed E-state index contributed by atoms with van der Waals surface area (Å²) in [5, 5.41) is 7.42. The van der Waals surface area contributed by atoms with E-state index in [0.717, 1.165) is 55.5 Å². The van der Waals surface area contributed by atoms with Crippen LogP contribution >= 0.6 is 0 Å². The number of fused-ring (bicyclic) bond motifs is 5. The Kier molecular flexibility index (Phi) is 4.37. The summed E-state index contributed by atoms with van der Waals surface area (Å²) in [4.78, 5) is 34.5. The van der Waals surface area contributed by atoms with E-state index in [0.29, 0.717) is 25.3 Å². The van der Waals surface area contributed by atoms with E-state index in [1.807, 2.05) is 28.0 Å². The second-order valence-corrected chi connectivity index (χ2v) is 8.16. The molecule has 2 bridgehead atoms. The van der Waals surface area contributed by atoms with Crippen molar-refractivity contribution in [1.82, 2.24) is 25.0 Å². The van der Waals surface area contributed by atoms with Gasteiger partial charge in [0.05, 0.1) is 18.2 Å².